The molecule has 2 aliphatic heterocycles. The van der Waals surface area contributed by atoms with Crippen LogP contribution in [0, 0.1) is 11.8 Å². The molecular weight excluding hydrogens is 420 g/mol. The van der Waals surface area contributed by atoms with Crippen LogP contribution in [0.3, 0.4) is 0 Å². The maximum absolute atomic E-state index is 12.2. The summed E-state index contributed by atoms with van der Waals surface area (Å²) in [6.07, 6.45) is -0.375. The molecular formula is C27H34O6. The maximum Gasteiger partial charge on any atom is 0.309 e. The van der Waals surface area contributed by atoms with E-state index in [4.69, 9.17) is 18.9 Å². The molecule has 0 aliphatic carbocycles. The van der Waals surface area contributed by atoms with Crippen molar-refractivity contribution in [1.29, 1.82) is 0 Å². The summed E-state index contributed by atoms with van der Waals surface area (Å²) in [6, 6.07) is 13.5. The summed E-state index contributed by atoms with van der Waals surface area (Å²) in [5.74, 6) is 0.546. The molecule has 0 radical (unpaired) electrons. The average Bonchev–Trinajstić information content (AvgIpc) is 2.76. The fraction of sp³-hybridized carbons (Fsp3) is 0.519. The number of rotatable bonds is 5. The lowest BCUT2D eigenvalue weighted by atomic mass is 9.71. The first-order valence-corrected chi connectivity index (χ1v) is 11.5. The third kappa shape index (κ3) is 4.67. The van der Waals surface area contributed by atoms with Gasteiger partial charge in [0.25, 0.3) is 0 Å². The highest BCUT2D eigenvalue weighted by Gasteiger charge is 2.52. The zero-order valence-corrected chi connectivity index (χ0v) is 20.3. The number of aliphatic carboxylic acids is 1. The molecule has 0 unspecified atom stereocenters. The van der Waals surface area contributed by atoms with E-state index < -0.39 is 23.6 Å². The van der Waals surface area contributed by atoms with Crippen molar-refractivity contribution in [2.24, 2.45) is 11.8 Å². The molecule has 0 amide bonds. The number of hydrogen-bond acceptors (Lipinski definition) is 5. The fourth-order valence-corrected chi connectivity index (χ4v) is 4.82. The Morgan fingerprint density at radius 2 is 1.79 bits per heavy atom. The topological polar surface area (TPSA) is 74.2 Å². The molecule has 2 heterocycles. The zero-order chi connectivity index (χ0) is 24.0. The number of ether oxygens (including phenoxy) is 4. The number of carboxylic acids is 1. The number of hydrogen-bond donors (Lipinski definition) is 1. The summed E-state index contributed by atoms with van der Waals surface area (Å²) in [4.78, 5) is 12.2. The van der Waals surface area contributed by atoms with Crippen molar-refractivity contribution in [3.8, 4) is 17.2 Å². The van der Waals surface area contributed by atoms with Crippen molar-refractivity contribution in [3.63, 3.8) is 0 Å². The van der Waals surface area contributed by atoms with Gasteiger partial charge in [0.15, 0.2) is 0 Å². The highest BCUT2D eigenvalue weighted by Crippen LogP contribution is 2.52. The Morgan fingerprint density at radius 3 is 2.39 bits per heavy atom. The summed E-state index contributed by atoms with van der Waals surface area (Å²) in [5, 5.41) is 9.99. The molecule has 2 aliphatic rings. The average molecular weight is 455 g/mol. The van der Waals surface area contributed by atoms with E-state index in [-0.39, 0.29) is 24.0 Å². The van der Waals surface area contributed by atoms with Gasteiger partial charge < -0.3 is 24.1 Å². The van der Waals surface area contributed by atoms with Crippen LogP contribution in [0.2, 0.25) is 0 Å². The van der Waals surface area contributed by atoms with Gasteiger partial charge in [-0.3, -0.25) is 4.79 Å². The summed E-state index contributed by atoms with van der Waals surface area (Å²) in [5.41, 5.74) is 1.62. The largest absolute Gasteiger partial charge is 0.497 e. The van der Waals surface area contributed by atoms with Gasteiger partial charge in [-0.1, -0.05) is 26.8 Å². The van der Waals surface area contributed by atoms with Gasteiger partial charge in [0, 0.05) is 11.5 Å². The number of carbonyl (C=O) groups is 1. The predicted molar refractivity (Wildman–Crippen MR) is 125 cm³/mol. The van der Waals surface area contributed by atoms with Gasteiger partial charge in [0.2, 0.25) is 0 Å². The SMILES string of the molecule is COc1ccc(OC[C@@H]2O[C@@H]3c4cc(C(C)(C)C)ccc4OC(C)(C)[C@H]3C[C@@H]2C(=O)O)cc1. The standard InChI is InChI=1S/C27H34O6/c1-26(2,3)16-7-12-22-19(13-16)24-21(27(4,5)33-22)14-20(25(28)29)23(32-24)15-31-18-10-8-17(30-6)9-11-18/h7-13,20-21,23-24H,14-15H2,1-6H3,(H,28,29)/t20-,21-,23-,24+/m0/s1. The van der Waals surface area contributed by atoms with Gasteiger partial charge >= 0.3 is 5.97 Å². The number of carboxylic acid groups (broad SMARTS) is 1. The summed E-state index contributed by atoms with van der Waals surface area (Å²) < 4.78 is 24.0. The molecule has 0 saturated carbocycles. The van der Waals surface area contributed by atoms with Crippen LogP contribution in [-0.4, -0.2) is 36.5 Å². The van der Waals surface area contributed by atoms with E-state index >= 15 is 0 Å². The van der Waals surface area contributed by atoms with E-state index in [1.165, 1.54) is 5.56 Å². The van der Waals surface area contributed by atoms with E-state index in [0.717, 1.165) is 17.1 Å². The van der Waals surface area contributed by atoms with Crippen LogP contribution in [0.4, 0.5) is 0 Å². The Hall–Kier alpha value is -2.73. The Kier molecular flexibility index (Phi) is 6.08. The summed E-state index contributed by atoms with van der Waals surface area (Å²) in [6.45, 7) is 10.7. The Balaban J connectivity index is 1.63. The molecule has 0 aromatic heterocycles. The molecule has 1 fully saturated rings. The minimum Gasteiger partial charge on any atom is -0.497 e. The second kappa shape index (κ2) is 8.56. The number of methoxy groups -OCH3 is 1. The minimum atomic E-state index is -0.873. The maximum atomic E-state index is 12.2. The Labute approximate surface area is 195 Å². The monoisotopic (exact) mass is 454 g/mol. The van der Waals surface area contributed by atoms with E-state index in [1.54, 1.807) is 7.11 Å². The van der Waals surface area contributed by atoms with Gasteiger partial charge in [0.05, 0.1) is 19.1 Å². The van der Waals surface area contributed by atoms with Crippen molar-refractivity contribution in [3.05, 3.63) is 53.6 Å². The van der Waals surface area contributed by atoms with Crippen LogP contribution in [0.1, 0.15) is 58.3 Å². The molecule has 33 heavy (non-hydrogen) atoms. The molecule has 4 atom stereocenters. The number of benzene rings is 2. The van der Waals surface area contributed by atoms with Crippen molar-refractivity contribution in [2.75, 3.05) is 13.7 Å². The van der Waals surface area contributed by atoms with Gasteiger partial charge in [-0.25, -0.2) is 0 Å². The van der Waals surface area contributed by atoms with Crippen molar-refractivity contribution >= 4 is 5.97 Å². The summed E-state index contributed by atoms with van der Waals surface area (Å²) in [7, 11) is 1.61. The lowest BCUT2D eigenvalue weighted by Crippen LogP contribution is -2.53. The van der Waals surface area contributed by atoms with Gasteiger partial charge in [-0.2, -0.15) is 0 Å². The van der Waals surface area contributed by atoms with Crippen LogP contribution >= 0.6 is 0 Å². The first kappa shape index (κ1) is 23.4. The molecule has 0 bridgehead atoms. The lowest BCUT2D eigenvalue weighted by molar-refractivity contribution is -0.192. The van der Waals surface area contributed by atoms with E-state index in [2.05, 4.69) is 32.9 Å². The third-order valence-electron chi connectivity index (χ3n) is 6.88. The normalized spacial score (nSPS) is 25.9. The van der Waals surface area contributed by atoms with Crippen molar-refractivity contribution in [2.45, 2.75) is 64.3 Å². The van der Waals surface area contributed by atoms with Crippen LogP contribution in [-0.2, 0) is 14.9 Å². The van der Waals surface area contributed by atoms with Gasteiger partial charge in [-0.15, -0.1) is 0 Å². The highest BCUT2D eigenvalue weighted by atomic mass is 16.6. The van der Waals surface area contributed by atoms with Crippen LogP contribution in [0.15, 0.2) is 42.5 Å². The van der Waals surface area contributed by atoms with Crippen molar-refractivity contribution in [1.82, 2.24) is 0 Å². The van der Waals surface area contributed by atoms with Crippen LogP contribution < -0.4 is 14.2 Å². The second-order valence-electron chi connectivity index (χ2n) is 10.6. The van der Waals surface area contributed by atoms with Crippen molar-refractivity contribution < 1.29 is 28.8 Å². The molecule has 0 spiro atoms. The second-order valence-corrected chi connectivity index (χ2v) is 10.6. The molecule has 2 aromatic carbocycles. The lowest BCUT2D eigenvalue weighted by Gasteiger charge is -2.50. The fourth-order valence-electron chi connectivity index (χ4n) is 4.82. The van der Waals surface area contributed by atoms with Crippen LogP contribution in [0.25, 0.3) is 0 Å². The first-order chi connectivity index (χ1) is 15.5. The number of fused-ring (bicyclic) bond motifs is 3. The minimum absolute atomic E-state index is 0.0212. The van der Waals surface area contributed by atoms with Gasteiger partial charge in [0.1, 0.15) is 35.6 Å². The molecule has 6 heteroatoms. The third-order valence-corrected chi connectivity index (χ3v) is 6.88. The zero-order valence-electron chi connectivity index (χ0n) is 20.3. The van der Waals surface area contributed by atoms with E-state index in [9.17, 15) is 9.90 Å². The van der Waals surface area contributed by atoms with E-state index in [0.29, 0.717) is 12.2 Å². The quantitative estimate of drug-likeness (QED) is 0.653. The predicted octanol–water partition coefficient (Wildman–Crippen LogP) is 5.39. The Morgan fingerprint density at radius 1 is 1.12 bits per heavy atom. The molecule has 2 aromatic rings. The summed E-state index contributed by atoms with van der Waals surface area (Å²) >= 11 is 0. The molecule has 4 rings (SSSR count). The smallest absolute Gasteiger partial charge is 0.309 e. The van der Waals surface area contributed by atoms with E-state index in [1.807, 2.05) is 44.2 Å². The van der Waals surface area contributed by atoms with Gasteiger partial charge in [-0.05, 0) is 67.6 Å². The molecule has 6 nitrogen and oxygen atoms in total. The molecule has 1 saturated heterocycles. The first-order valence-electron chi connectivity index (χ1n) is 11.5. The molecule has 178 valence electrons. The highest BCUT2D eigenvalue weighted by molar-refractivity contribution is 5.71. The van der Waals surface area contributed by atoms with Crippen LogP contribution in [0.5, 0.6) is 17.2 Å². The Bertz CT molecular complexity index is 1000. The molecule has 1 N–H and O–H groups in total.